The zero-order valence-corrected chi connectivity index (χ0v) is 13.2. The lowest BCUT2D eigenvalue weighted by Gasteiger charge is -2.15. The number of aromatic nitrogens is 2. The van der Waals surface area contributed by atoms with Crippen molar-refractivity contribution in [2.24, 2.45) is 5.92 Å². The van der Waals surface area contributed by atoms with Gasteiger partial charge in [-0.05, 0) is 38.7 Å². The molecular weight excluding hydrogens is 296 g/mol. The maximum absolute atomic E-state index is 12.0. The fourth-order valence-electron chi connectivity index (χ4n) is 2.58. The summed E-state index contributed by atoms with van der Waals surface area (Å²) in [5.41, 5.74) is 0.435. The second-order valence-corrected chi connectivity index (χ2v) is 5.86. The smallest absolute Gasteiger partial charge is 0.255 e. The molecule has 0 unspecified atom stereocenters. The fraction of sp³-hybridized carbons (Fsp3) is 0.438. The van der Waals surface area contributed by atoms with E-state index in [1.807, 2.05) is 4.68 Å². The van der Waals surface area contributed by atoms with Gasteiger partial charge in [-0.1, -0.05) is 0 Å². The molecular formula is C16H20N4O3. The van der Waals surface area contributed by atoms with Gasteiger partial charge in [-0.2, -0.15) is 5.10 Å². The fourth-order valence-corrected chi connectivity index (χ4v) is 2.58. The first-order chi connectivity index (χ1) is 11.1. The molecule has 0 spiro atoms. The molecule has 1 fully saturated rings. The molecule has 0 aromatic carbocycles. The van der Waals surface area contributed by atoms with E-state index in [0.29, 0.717) is 23.1 Å². The third-order valence-corrected chi connectivity index (χ3v) is 4.14. The van der Waals surface area contributed by atoms with Crippen LogP contribution in [0.2, 0.25) is 0 Å². The standard InChI is InChI=1S/C16H20N4O3/c1-10(12-3-4-12)20-14(5-7-18-20)19-15(21)9-17-16(22)13-6-8-23-11(13)2/h5-8,10,12H,3-4,9H2,1-2H3,(H,17,22)(H,19,21)/t10-/m0/s1. The van der Waals surface area contributed by atoms with Crippen LogP contribution in [0.1, 0.15) is 41.9 Å². The second kappa shape index (κ2) is 6.28. The van der Waals surface area contributed by atoms with Crippen LogP contribution in [0, 0.1) is 12.8 Å². The van der Waals surface area contributed by atoms with Crippen molar-refractivity contribution < 1.29 is 14.0 Å². The predicted molar refractivity (Wildman–Crippen MR) is 84.1 cm³/mol. The van der Waals surface area contributed by atoms with Crippen molar-refractivity contribution in [2.75, 3.05) is 11.9 Å². The van der Waals surface area contributed by atoms with E-state index in [2.05, 4.69) is 22.7 Å². The normalized spacial score (nSPS) is 15.2. The molecule has 1 atom stereocenters. The van der Waals surface area contributed by atoms with Gasteiger partial charge in [-0.25, -0.2) is 4.68 Å². The number of aryl methyl sites for hydroxylation is 1. The first kappa shape index (κ1) is 15.3. The van der Waals surface area contributed by atoms with E-state index >= 15 is 0 Å². The summed E-state index contributed by atoms with van der Waals surface area (Å²) in [4.78, 5) is 24.0. The number of nitrogens with zero attached hydrogens (tertiary/aromatic N) is 2. The topological polar surface area (TPSA) is 89.2 Å². The SMILES string of the molecule is Cc1occc1C(=O)NCC(=O)Nc1ccnn1[C@@H](C)C1CC1. The summed E-state index contributed by atoms with van der Waals surface area (Å²) in [6.07, 6.45) is 5.52. The number of carbonyl (C=O) groups excluding carboxylic acids is 2. The average molecular weight is 316 g/mol. The lowest BCUT2D eigenvalue weighted by molar-refractivity contribution is -0.115. The Kier molecular flexibility index (Phi) is 4.18. The minimum atomic E-state index is -0.328. The number of nitrogens with one attached hydrogen (secondary N) is 2. The zero-order valence-electron chi connectivity index (χ0n) is 13.2. The van der Waals surface area contributed by atoms with E-state index in [0.717, 1.165) is 0 Å². The van der Waals surface area contributed by atoms with Crippen LogP contribution in [0.25, 0.3) is 0 Å². The third kappa shape index (κ3) is 3.44. The molecule has 0 saturated heterocycles. The van der Waals surface area contributed by atoms with Gasteiger partial charge < -0.3 is 15.1 Å². The largest absolute Gasteiger partial charge is 0.469 e. The Morgan fingerprint density at radius 1 is 1.43 bits per heavy atom. The Balaban J connectivity index is 1.55. The third-order valence-electron chi connectivity index (χ3n) is 4.14. The lowest BCUT2D eigenvalue weighted by atomic mass is 10.2. The van der Waals surface area contributed by atoms with E-state index in [9.17, 15) is 9.59 Å². The summed E-state index contributed by atoms with van der Waals surface area (Å²) in [5, 5.41) is 9.65. The second-order valence-electron chi connectivity index (χ2n) is 5.86. The molecule has 1 aliphatic carbocycles. The van der Waals surface area contributed by atoms with Crippen LogP contribution >= 0.6 is 0 Å². The lowest BCUT2D eigenvalue weighted by Crippen LogP contribution is -2.33. The number of hydrogen-bond acceptors (Lipinski definition) is 4. The first-order valence-corrected chi connectivity index (χ1v) is 7.72. The van der Waals surface area contributed by atoms with Gasteiger partial charge in [0.2, 0.25) is 5.91 Å². The van der Waals surface area contributed by atoms with Crippen molar-refractivity contribution in [1.29, 1.82) is 0 Å². The van der Waals surface area contributed by atoms with Crippen molar-refractivity contribution in [3.8, 4) is 0 Å². The van der Waals surface area contributed by atoms with Gasteiger partial charge in [-0.3, -0.25) is 9.59 Å². The number of furan rings is 1. The maximum Gasteiger partial charge on any atom is 0.255 e. The molecule has 1 saturated carbocycles. The number of amides is 2. The number of rotatable bonds is 6. The quantitative estimate of drug-likeness (QED) is 0.854. The van der Waals surface area contributed by atoms with Gasteiger partial charge >= 0.3 is 0 Å². The van der Waals surface area contributed by atoms with Crippen LogP contribution < -0.4 is 10.6 Å². The van der Waals surface area contributed by atoms with E-state index in [4.69, 9.17) is 4.42 Å². The van der Waals surface area contributed by atoms with Crippen LogP contribution in [0.15, 0.2) is 29.0 Å². The minimum absolute atomic E-state index is 0.105. The van der Waals surface area contributed by atoms with Crippen LogP contribution in [0.5, 0.6) is 0 Å². The Morgan fingerprint density at radius 3 is 2.87 bits per heavy atom. The van der Waals surface area contributed by atoms with Gasteiger partial charge in [-0.15, -0.1) is 0 Å². The molecule has 2 aromatic heterocycles. The molecule has 0 radical (unpaired) electrons. The predicted octanol–water partition coefficient (Wildman–Crippen LogP) is 2.12. The Morgan fingerprint density at radius 2 is 2.22 bits per heavy atom. The summed E-state index contributed by atoms with van der Waals surface area (Å²) < 4.78 is 6.91. The number of carbonyl (C=O) groups is 2. The van der Waals surface area contributed by atoms with Crippen molar-refractivity contribution in [3.05, 3.63) is 35.9 Å². The molecule has 0 aliphatic heterocycles. The summed E-state index contributed by atoms with van der Waals surface area (Å²) in [5.74, 6) is 1.20. The van der Waals surface area contributed by atoms with E-state index in [-0.39, 0.29) is 24.4 Å². The highest BCUT2D eigenvalue weighted by atomic mass is 16.3. The van der Waals surface area contributed by atoms with Crippen LogP contribution in [0.4, 0.5) is 5.82 Å². The van der Waals surface area contributed by atoms with Crippen LogP contribution in [-0.4, -0.2) is 28.1 Å². The average Bonchev–Trinajstić information content (AvgIpc) is 3.14. The number of anilines is 1. The number of hydrogen-bond donors (Lipinski definition) is 2. The molecule has 2 heterocycles. The molecule has 1 aliphatic rings. The molecule has 2 aromatic rings. The minimum Gasteiger partial charge on any atom is -0.469 e. The highest BCUT2D eigenvalue weighted by Crippen LogP contribution is 2.40. The van der Waals surface area contributed by atoms with Crippen molar-refractivity contribution in [3.63, 3.8) is 0 Å². The maximum atomic E-state index is 12.0. The van der Waals surface area contributed by atoms with Crippen molar-refractivity contribution in [2.45, 2.75) is 32.7 Å². The molecule has 2 N–H and O–H groups in total. The Labute approximate surface area is 134 Å². The van der Waals surface area contributed by atoms with Gasteiger partial charge in [0, 0.05) is 6.07 Å². The van der Waals surface area contributed by atoms with Gasteiger partial charge in [0.1, 0.15) is 11.6 Å². The molecule has 122 valence electrons. The van der Waals surface area contributed by atoms with E-state index < -0.39 is 0 Å². The van der Waals surface area contributed by atoms with Crippen molar-refractivity contribution in [1.82, 2.24) is 15.1 Å². The van der Waals surface area contributed by atoms with Crippen LogP contribution in [-0.2, 0) is 4.79 Å². The summed E-state index contributed by atoms with van der Waals surface area (Å²) in [6, 6.07) is 3.61. The zero-order chi connectivity index (χ0) is 16.4. The van der Waals surface area contributed by atoms with E-state index in [1.165, 1.54) is 19.1 Å². The molecule has 7 heteroatoms. The van der Waals surface area contributed by atoms with Gasteiger partial charge in [0.05, 0.1) is 30.6 Å². The summed E-state index contributed by atoms with van der Waals surface area (Å²) in [6.45, 7) is 3.70. The molecule has 23 heavy (non-hydrogen) atoms. The van der Waals surface area contributed by atoms with Gasteiger partial charge in [0.25, 0.3) is 5.91 Å². The van der Waals surface area contributed by atoms with Crippen molar-refractivity contribution >= 4 is 17.6 Å². The highest BCUT2D eigenvalue weighted by Gasteiger charge is 2.30. The Hall–Kier alpha value is -2.57. The summed E-state index contributed by atoms with van der Waals surface area (Å²) >= 11 is 0. The molecule has 3 rings (SSSR count). The molecule has 2 amide bonds. The summed E-state index contributed by atoms with van der Waals surface area (Å²) in [7, 11) is 0. The Bertz CT molecular complexity index is 714. The highest BCUT2D eigenvalue weighted by molar-refractivity contribution is 5.99. The monoisotopic (exact) mass is 316 g/mol. The van der Waals surface area contributed by atoms with E-state index in [1.54, 1.807) is 25.3 Å². The van der Waals surface area contributed by atoms with Gasteiger partial charge in [0.15, 0.2) is 0 Å². The first-order valence-electron chi connectivity index (χ1n) is 7.72. The molecule has 0 bridgehead atoms. The molecule has 7 nitrogen and oxygen atoms in total. The van der Waals surface area contributed by atoms with Crippen LogP contribution in [0.3, 0.4) is 0 Å².